The average Bonchev–Trinajstić information content (AvgIpc) is 2.72. The summed E-state index contributed by atoms with van der Waals surface area (Å²) < 4.78 is 13.0. The number of carbonyl (C=O) groups is 2. The molecule has 0 saturated carbocycles. The SMILES string of the molecule is CN1c2ccccc2C(=O)NC12CCN(C(=O)NCc1ccc(F)cc1)CC2. The molecule has 0 radical (unpaired) electrons. The van der Waals surface area contributed by atoms with Crippen LogP contribution in [-0.2, 0) is 6.54 Å². The Morgan fingerprint density at radius 1 is 1.14 bits per heavy atom. The van der Waals surface area contributed by atoms with E-state index in [-0.39, 0.29) is 17.8 Å². The lowest BCUT2D eigenvalue weighted by Crippen LogP contribution is -2.67. The minimum atomic E-state index is -0.473. The van der Waals surface area contributed by atoms with Gasteiger partial charge in [-0.2, -0.15) is 0 Å². The van der Waals surface area contributed by atoms with Crippen LogP contribution in [0.2, 0.25) is 0 Å². The van der Waals surface area contributed by atoms with E-state index in [4.69, 9.17) is 0 Å². The van der Waals surface area contributed by atoms with E-state index in [9.17, 15) is 14.0 Å². The van der Waals surface area contributed by atoms with Crippen LogP contribution in [0.25, 0.3) is 0 Å². The Kier molecular flexibility index (Phi) is 4.66. The van der Waals surface area contributed by atoms with Crippen molar-refractivity contribution in [3.05, 3.63) is 65.5 Å². The lowest BCUT2D eigenvalue weighted by atomic mass is 9.90. The van der Waals surface area contributed by atoms with Gasteiger partial charge in [-0.25, -0.2) is 9.18 Å². The molecule has 2 heterocycles. The van der Waals surface area contributed by atoms with Crippen molar-refractivity contribution < 1.29 is 14.0 Å². The normalized spacial score (nSPS) is 17.9. The van der Waals surface area contributed by atoms with E-state index in [0.29, 0.717) is 38.0 Å². The minimum Gasteiger partial charge on any atom is -0.351 e. The second-order valence-corrected chi connectivity index (χ2v) is 7.33. The molecule has 7 heteroatoms. The first kappa shape index (κ1) is 18.3. The van der Waals surface area contributed by atoms with Gasteiger partial charge in [-0.1, -0.05) is 24.3 Å². The fourth-order valence-corrected chi connectivity index (χ4v) is 3.98. The van der Waals surface area contributed by atoms with Crippen molar-refractivity contribution in [3.63, 3.8) is 0 Å². The van der Waals surface area contributed by atoms with Gasteiger partial charge in [0.2, 0.25) is 0 Å². The number of amides is 3. The molecule has 2 aromatic rings. The molecule has 4 rings (SSSR count). The smallest absolute Gasteiger partial charge is 0.317 e. The largest absolute Gasteiger partial charge is 0.351 e. The number of likely N-dealkylation sites (tertiary alicyclic amines) is 1. The Morgan fingerprint density at radius 2 is 1.82 bits per heavy atom. The molecule has 2 aromatic carbocycles. The molecule has 1 fully saturated rings. The Balaban J connectivity index is 1.38. The Bertz CT molecular complexity index is 892. The van der Waals surface area contributed by atoms with Crippen LogP contribution in [0.1, 0.15) is 28.8 Å². The first-order valence-electron chi connectivity index (χ1n) is 9.41. The number of halogens is 1. The summed E-state index contributed by atoms with van der Waals surface area (Å²) in [6.45, 7) is 1.44. The number of hydrogen-bond donors (Lipinski definition) is 2. The molecule has 0 aliphatic carbocycles. The van der Waals surface area contributed by atoms with Gasteiger partial charge in [0.1, 0.15) is 11.5 Å². The van der Waals surface area contributed by atoms with Crippen molar-refractivity contribution >= 4 is 17.6 Å². The minimum absolute atomic E-state index is 0.0667. The molecule has 2 N–H and O–H groups in total. The third-order valence-corrected chi connectivity index (χ3v) is 5.73. The summed E-state index contributed by atoms with van der Waals surface area (Å²) in [5, 5.41) is 6.03. The fourth-order valence-electron chi connectivity index (χ4n) is 3.98. The van der Waals surface area contributed by atoms with Crippen molar-refractivity contribution in [2.24, 2.45) is 0 Å². The molecule has 2 aliphatic rings. The number of piperidine rings is 1. The zero-order valence-corrected chi connectivity index (χ0v) is 15.7. The lowest BCUT2D eigenvalue weighted by molar-refractivity contribution is 0.0810. The molecule has 3 amide bonds. The van der Waals surface area contributed by atoms with E-state index in [1.54, 1.807) is 17.0 Å². The van der Waals surface area contributed by atoms with Crippen LogP contribution < -0.4 is 15.5 Å². The molecule has 0 atom stereocenters. The molecule has 0 unspecified atom stereocenters. The first-order chi connectivity index (χ1) is 13.5. The third kappa shape index (κ3) is 3.28. The van der Waals surface area contributed by atoms with Gasteiger partial charge in [0, 0.05) is 39.5 Å². The van der Waals surface area contributed by atoms with E-state index in [0.717, 1.165) is 11.3 Å². The number of urea groups is 1. The Morgan fingerprint density at radius 3 is 2.54 bits per heavy atom. The van der Waals surface area contributed by atoms with Crippen LogP contribution in [0.4, 0.5) is 14.9 Å². The maximum atomic E-state index is 13.0. The number of fused-ring (bicyclic) bond motifs is 1. The molecule has 28 heavy (non-hydrogen) atoms. The summed E-state index contributed by atoms with van der Waals surface area (Å²) in [4.78, 5) is 28.9. The summed E-state index contributed by atoms with van der Waals surface area (Å²) in [6, 6.07) is 13.5. The second-order valence-electron chi connectivity index (χ2n) is 7.33. The van der Waals surface area contributed by atoms with Crippen molar-refractivity contribution in [1.82, 2.24) is 15.5 Å². The number of benzene rings is 2. The van der Waals surface area contributed by atoms with Crippen molar-refractivity contribution in [1.29, 1.82) is 0 Å². The number of rotatable bonds is 2. The van der Waals surface area contributed by atoms with Gasteiger partial charge in [-0.05, 0) is 29.8 Å². The number of nitrogens with zero attached hydrogens (tertiary/aromatic N) is 2. The van der Waals surface area contributed by atoms with Gasteiger partial charge in [0.15, 0.2) is 0 Å². The highest BCUT2D eigenvalue weighted by Gasteiger charge is 2.44. The fraction of sp³-hybridized carbons (Fsp3) is 0.333. The highest BCUT2D eigenvalue weighted by Crippen LogP contribution is 2.35. The zero-order valence-electron chi connectivity index (χ0n) is 15.7. The molecule has 1 spiro atoms. The van der Waals surface area contributed by atoms with Crippen molar-refractivity contribution in [3.8, 4) is 0 Å². The molecule has 2 aliphatic heterocycles. The predicted molar refractivity (Wildman–Crippen MR) is 104 cm³/mol. The molecular formula is C21H23FN4O2. The topological polar surface area (TPSA) is 64.7 Å². The zero-order chi connectivity index (χ0) is 19.7. The van der Waals surface area contributed by atoms with Gasteiger partial charge in [0.25, 0.3) is 5.91 Å². The van der Waals surface area contributed by atoms with Gasteiger partial charge >= 0.3 is 6.03 Å². The van der Waals surface area contributed by atoms with Crippen molar-refractivity contribution in [2.75, 3.05) is 25.0 Å². The van der Waals surface area contributed by atoms with Crippen molar-refractivity contribution in [2.45, 2.75) is 25.0 Å². The van der Waals surface area contributed by atoms with Gasteiger partial charge in [-0.15, -0.1) is 0 Å². The molecule has 6 nitrogen and oxygen atoms in total. The van der Waals surface area contributed by atoms with Crippen LogP contribution in [-0.4, -0.2) is 42.6 Å². The van der Waals surface area contributed by atoms with Crippen LogP contribution in [0.3, 0.4) is 0 Å². The molecule has 146 valence electrons. The maximum absolute atomic E-state index is 13.0. The predicted octanol–water partition coefficient (Wildman–Crippen LogP) is 2.71. The Hall–Kier alpha value is -3.09. The van der Waals surface area contributed by atoms with E-state index < -0.39 is 5.66 Å². The maximum Gasteiger partial charge on any atom is 0.317 e. The summed E-state index contributed by atoms with van der Waals surface area (Å²) >= 11 is 0. The number of para-hydroxylation sites is 1. The monoisotopic (exact) mass is 382 g/mol. The van der Waals surface area contributed by atoms with Gasteiger partial charge in [-0.3, -0.25) is 4.79 Å². The number of anilines is 1. The van der Waals surface area contributed by atoms with Crippen LogP contribution in [0.5, 0.6) is 0 Å². The van der Waals surface area contributed by atoms with E-state index in [1.165, 1.54) is 12.1 Å². The van der Waals surface area contributed by atoms with Crippen LogP contribution in [0.15, 0.2) is 48.5 Å². The second kappa shape index (κ2) is 7.14. The third-order valence-electron chi connectivity index (χ3n) is 5.73. The quantitative estimate of drug-likeness (QED) is 0.839. The van der Waals surface area contributed by atoms with Gasteiger partial charge in [0.05, 0.1) is 11.3 Å². The summed E-state index contributed by atoms with van der Waals surface area (Å²) in [7, 11) is 1.99. The highest BCUT2D eigenvalue weighted by atomic mass is 19.1. The van der Waals surface area contributed by atoms with Crippen LogP contribution >= 0.6 is 0 Å². The molecule has 1 saturated heterocycles. The lowest BCUT2D eigenvalue weighted by Gasteiger charge is -2.51. The molecular weight excluding hydrogens is 359 g/mol. The summed E-state index contributed by atoms with van der Waals surface area (Å²) in [6.07, 6.45) is 1.29. The number of nitrogens with one attached hydrogen (secondary N) is 2. The first-order valence-corrected chi connectivity index (χ1v) is 9.41. The molecule has 0 aromatic heterocycles. The van der Waals surface area contributed by atoms with E-state index in [1.807, 2.05) is 31.3 Å². The number of hydrogen-bond acceptors (Lipinski definition) is 3. The highest BCUT2D eigenvalue weighted by molar-refractivity contribution is 6.02. The average molecular weight is 382 g/mol. The number of carbonyl (C=O) groups excluding carboxylic acids is 2. The summed E-state index contributed by atoms with van der Waals surface area (Å²) in [5.41, 5.74) is 1.97. The van der Waals surface area contributed by atoms with Crippen LogP contribution in [0, 0.1) is 5.82 Å². The summed E-state index contributed by atoms with van der Waals surface area (Å²) in [5.74, 6) is -0.362. The Labute approximate surface area is 163 Å². The van der Waals surface area contributed by atoms with E-state index in [2.05, 4.69) is 15.5 Å². The molecule has 0 bridgehead atoms. The standard InChI is InChI=1S/C21H23FN4O2/c1-25-18-5-3-2-4-17(18)19(27)24-21(25)10-12-26(13-11-21)20(28)23-14-15-6-8-16(22)9-7-15/h2-9H,10-14H2,1H3,(H,23,28)(H,24,27). The van der Waals surface area contributed by atoms with E-state index >= 15 is 0 Å². The van der Waals surface area contributed by atoms with Gasteiger partial charge < -0.3 is 20.4 Å².